The summed E-state index contributed by atoms with van der Waals surface area (Å²) in [5.74, 6) is -1.37. The number of halogens is 2. The third-order valence-electron chi connectivity index (χ3n) is 4.78. The second kappa shape index (κ2) is 7.92. The maximum absolute atomic E-state index is 15.3. The minimum atomic E-state index is -4.03. The lowest BCUT2D eigenvalue weighted by Crippen LogP contribution is -2.55. The number of nitrogens with zero attached hydrogens (tertiary/aromatic N) is 2. The fourth-order valence-electron chi connectivity index (χ4n) is 3.13. The van der Waals surface area contributed by atoms with Crippen LogP contribution in [-0.2, 0) is 21.4 Å². The molecule has 2 heterocycles. The lowest BCUT2D eigenvalue weighted by molar-refractivity contribution is -0.135. The van der Waals surface area contributed by atoms with Crippen molar-refractivity contribution in [3.8, 4) is 0 Å². The van der Waals surface area contributed by atoms with Gasteiger partial charge in [0.2, 0.25) is 15.7 Å². The summed E-state index contributed by atoms with van der Waals surface area (Å²) in [6.07, 6.45) is 3.26. The van der Waals surface area contributed by atoms with Crippen LogP contribution in [0.2, 0.25) is 0 Å². The van der Waals surface area contributed by atoms with Crippen molar-refractivity contribution in [2.24, 2.45) is 0 Å². The van der Waals surface area contributed by atoms with Gasteiger partial charge in [-0.05, 0) is 61.2 Å². The molecule has 0 spiro atoms. The van der Waals surface area contributed by atoms with Gasteiger partial charge < -0.3 is 5.32 Å². The number of piperidine rings is 1. The van der Waals surface area contributed by atoms with Gasteiger partial charge in [0.1, 0.15) is 5.82 Å². The van der Waals surface area contributed by atoms with Crippen molar-refractivity contribution in [2.75, 3.05) is 13.1 Å². The summed E-state index contributed by atoms with van der Waals surface area (Å²) in [6.45, 7) is 1.10. The number of hydrogen-bond acceptors (Lipinski definition) is 4. The molecule has 1 unspecified atom stereocenters. The van der Waals surface area contributed by atoms with E-state index in [0.717, 1.165) is 22.0 Å². The Hall–Kier alpha value is -2.39. The van der Waals surface area contributed by atoms with Crippen LogP contribution in [0.5, 0.6) is 0 Å². The van der Waals surface area contributed by atoms with Crippen LogP contribution in [0.15, 0.2) is 47.6 Å². The molecule has 1 aromatic carbocycles. The van der Waals surface area contributed by atoms with Crippen molar-refractivity contribution in [3.05, 3.63) is 59.7 Å². The quantitative estimate of drug-likeness (QED) is 0.822. The number of nitrogens with one attached hydrogen (secondary N) is 1. The van der Waals surface area contributed by atoms with Crippen LogP contribution in [0.1, 0.15) is 24.0 Å². The van der Waals surface area contributed by atoms with Crippen molar-refractivity contribution in [2.45, 2.75) is 36.9 Å². The van der Waals surface area contributed by atoms with Gasteiger partial charge in [-0.2, -0.15) is 4.31 Å². The van der Waals surface area contributed by atoms with Crippen molar-refractivity contribution >= 4 is 15.9 Å². The predicted octanol–water partition coefficient (Wildman–Crippen LogP) is 2.34. The number of carbonyl (C=O) groups excluding carboxylic acids is 1. The van der Waals surface area contributed by atoms with Crippen LogP contribution in [-0.4, -0.2) is 42.4 Å². The number of amides is 1. The largest absolute Gasteiger partial charge is 0.349 e. The number of hydrogen-bond donors (Lipinski definition) is 1. The van der Waals surface area contributed by atoms with E-state index in [9.17, 15) is 17.6 Å². The lowest BCUT2D eigenvalue weighted by atomic mass is 9.95. The number of benzene rings is 1. The van der Waals surface area contributed by atoms with E-state index >= 15 is 4.39 Å². The highest BCUT2D eigenvalue weighted by molar-refractivity contribution is 7.89. The minimum absolute atomic E-state index is 0.0658. The van der Waals surface area contributed by atoms with Gasteiger partial charge in [0.05, 0.1) is 11.4 Å². The number of carbonyl (C=O) groups is 1. The molecule has 0 saturated carbocycles. The Morgan fingerprint density at radius 2 is 2.00 bits per heavy atom. The number of sulfonamides is 1. The highest BCUT2D eigenvalue weighted by Gasteiger charge is 2.45. The molecule has 0 aliphatic carbocycles. The third-order valence-corrected chi connectivity index (χ3v) is 6.63. The first kappa shape index (κ1) is 20.3. The Morgan fingerprint density at radius 1 is 1.29 bits per heavy atom. The molecule has 1 fully saturated rings. The maximum Gasteiger partial charge on any atom is 0.259 e. The van der Waals surface area contributed by atoms with E-state index in [2.05, 4.69) is 10.3 Å². The molecule has 1 saturated heterocycles. The normalized spacial score (nSPS) is 20.7. The fraction of sp³-hybridized carbons (Fsp3) is 0.368. The van der Waals surface area contributed by atoms with E-state index < -0.39 is 34.0 Å². The van der Waals surface area contributed by atoms with Crippen molar-refractivity contribution in [1.29, 1.82) is 0 Å². The molecule has 1 aliphatic rings. The average Bonchev–Trinajstić information content (AvgIpc) is 2.69. The van der Waals surface area contributed by atoms with E-state index in [4.69, 9.17) is 0 Å². The summed E-state index contributed by atoms with van der Waals surface area (Å²) < 4.78 is 55.4. The number of alkyl halides is 1. The van der Waals surface area contributed by atoms with Crippen molar-refractivity contribution in [3.63, 3.8) is 0 Å². The van der Waals surface area contributed by atoms with Crippen molar-refractivity contribution < 1.29 is 22.0 Å². The predicted molar refractivity (Wildman–Crippen MR) is 99.1 cm³/mol. The van der Waals surface area contributed by atoms with Crippen LogP contribution >= 0.6 is 0 Å². The Balaban J connectivity index is 1.74. The van der Waals surface area contributed by atoms with E-state index in [1.807, 2.05) is 0 Å². The molecule has 1 atom stereocenters. The van der Waals surface area contributed by atoms with Crippen LogP contribution < -0.4 is 5.32 Å². The molecule has 150 valence electrons. The van der Waals surface area contributed by atoms with E-state index in [1.165, 1.54) is 13.0 Å². The highest BCUT2D eigenvalue weighted by atomic mass is 32.2. The lowest BCUT2D eigenvalue weighted by Gasteiger charge is -2.35. The molecule has 1 N–H and O–H groups in total. The number of aromatic nitrogens is 1. The highest BCUT2D eigenvalue weighted by Crippen LogP contribution is 2.30. The number of rotatable bonds is 5. The molecule has 2 aromatic rings. The zero-order valence-corrected chi connectivity index (χ0v) is 16.2. The molecule has 28 heavy (non-hydrogen) atoms. The second-order valence-corrected chi connectivity index (χ2v) is 8.79. The van der Waals surface area contributed by atoms with E-state index in [-0.39, 0.29) is 36.4 Å². The van der Waals surface area contributed by atoms with Gasteiger partial charge in [0.15, 0.2) is 0 Å². The zero-order chi connectivity index (χ0) is 20.4. The molecule has 1 amide bonds. The Bertz CT molecular complexity index is 970. The monoisotopic (exact) mass is 409 g/mol. The summed E-state index contributed by atoms with van der Waals surface area (Å²) in [6, 6.07) is 6.81. The minimum Gasteiger partial charge on any atom is -0.349 e. The standard InChI is InChI=1S/C19H21F2N3O3S/c1-14-11-16(3-4-17(14)20)28(26,27)24-10-2-7-19(21,13-24)18(25)23-12-15-5-8-22-9-6-15/h3-6,8-9,11H,2,7,10,12-13H2,1H3,(H,23,25). The maximum atomic E-state index is 15.3. The first-order chi connectivity index (χ1) is 13.2. The SMILES string of the molecule is Cc1cc(S(=O)(=O)N2CCCC(F)(C(=O)NCc3ccncc3)C2)ccc1F. The molecule has 9 heteroatoms. The zero-order valence-electron chi connectivity index (χ0n) is 15.4. The van der Waals surface area contributed by atoms with Gasteiger partial charge in [-0.3, -0.25) is 9.78 Å². The Labute approximate surface area is 162 Å². The smallest absolute Gasteiger partial charge is 0.259 e. The van der Waals surface area contributed by atoms with Gasteiger partial charge in [0, 0.05) is 25.5 Å². The third kappa shape index (κ3) is 4.20. The summed E-state index contributed by atoms with van der Waals surface area (Å²) in [4.78, 5) is 16.2. The Morgan fingerprint density at radius 3 is 2.68 bits per heavy atom. The topological polar surface area (TPSA) is 79.4 Å². The molecular formula is C19H21F2N3O3S. The fourth-order valence-corrected chi connectivity index (χ4v) is 4.74. The van der Waals surface area contributed by atoms with Gasteiger partial charge in [-0.25, -0.2) is 17.2 Å². The first-order valence-corrected chi connectivity index (χ1v) is 10.3. The summed E-state index contributed by atoms with van der Waals surface area (Å²) >= 11 is 0. The molecule has 1 aliphatic heterocycles. The molecule has 3 rings (SSSR count). The molecular weight excluding hydrogens is 388 g/mol. The summed E-state index contributed by atoms with van der Waals surface area (Å²) in [5, 5.41) is 2.52. The molecule has 6 nitrogen and oxygen atoms in total. The summed E-state index contributed by atoms with van der Waals surface area (Å²) in [7, 11) is -4.03. The van der Waals surface area contributed by atoms with Crippen LogP contribution in [0.4, 0.5) is 8.78 Å². The molecule has 1 aromatic heterocycles. The van der Waals surface area contributed by atoms with Gasteiger partial charge in [0.25, 0.3) is 5.91 Å². The Kier molecular flexibility index (Phi) is 5.76. The number of pyridine rings is 1. The first-order valence-electron chi connectivity index (χ1n) is 8.85. The molecule has 0 bridgehead atoms. The van der Waals surface area contributed by atoms with Gasteiger partial charge in [-0.1, -0.05) is 0 Å². The van der Waals surface area contributed by atoms with Crippen molar-refractivity contribution in [1.82, 2.24) is 14.6 Å². The van der Waals surface area contributed by atoms with Gasteiger partial charge in [-0.15, -0.1) is 0 Å². The van der Waals surface area contributed by atoms with E-state index in [0.29, 0.717) is 0 Å². The average molecular weight is 409 g/mol. The summed E-state index contributed by atoms with van der Waals surface area (Å²) in [5.41, 5.74) is -1.39. The van der Waals surface area contributed by atoms with Crippen LogP contribution in [0, 0.1) is 12.7 Å². The van der Waals surface area contributed by atoms with E-state index in [1.54, 1.807) is 24.5 Å². The second-order valence-electron chi connectivity index (χ2n) is 6.86. The number of aryl methyl sites for hydroxylation is 1. The van der Waals surface area contributed by atoms with Gasteiger partial charge >= 0.3 is 0 Å². The van der Waals surface area contributed by atoms with Crippen LogP contribution in [0.25, 0.3) is 0 Å². The molecule has 0 radical (unpaired) electrons. The van der Waals surface area contributed by atoms with Crippen LogP contribution in [0.3, 0.4) is 0 Å².